The monoisotopic (exact) mass is 440 g/mol. The summed E-state index contributed by atoms with van der Waals surface area (Å²) < 4.78 is 13.4. The Morgan fingerprint density at radius 3 is 2.52 bits per heavy atom. The molecule has 0 spiro atoms. The molecule has 6 nitrogen and oxygen atoms in total. The summed E-state index contributed by atoms with van der Waals surface area (Å²) in [4.78, 5) is 27.1. The molecule has 1 aliphatic heterocycles. The van der Waals surface area contributed by atoms with Gasteiger partial charge in [0.15, 0.2) is 0 Å². The van der Waals surface area contributed by atoms with Crippen molar-refractivity contribution in [3.05, 3.63) is 58.4 Å². The molecule has 2 aliphatic rings. The molecule has 0 aromatic heterocycles. The molecule has 0 atom stereocenters. The van der Waals surface area contributed by atoms with Crippen LogP contribution in [-0.4, -0.2) is 30.9 Å². The summed E-state index contributed by atoms with van der Waals surface area (Å²) in [5, 5.41) is 15.4. The molecule has 160 valence electrons. The Hall–Kier alpha value is -3.11. The maximum absolute atomic E-state index is 13.4. The van der Waals surface area contributed by atoms with Crippen LogP contribution in [0.25, 0.3) is 0 Å². The third-order valence-electron chi connectivity index (χ3n) is 5.68. The summed E-state index contributed by atoms with van der Waals surface area (Å²) in [7, 11) is 0. The van der Waals surface area contributed by atoms with E-state index in [1.54, 1.807) is 24.3 Å². The van der Waals surface area contributed by atoms with E-state index in [4.69, 9.17) is 11.6 Å². The number of hydrogen-bond donors (Lipinski definition) is 2. The molecule has 1 heterocycles. The van der Waals surface area contributed by atoms with Crippen LogP contribution in [0.4, 0.5) is 15.8 Å². The number of nitrogens with one attached hydrogen (secondary N) is 2. The number of hydrogen-bond acceptors (Lipinski definition) is 4. The van der Waals surface area contributed by atoms with E-state index in [0.29, 0.717) is 53.5 Å². The molecular formula is C23H22ClFN4O2. The van der Waals surface area contributed by atoms with Crippen molar-refractivity contribution in [3.8, 4) is 6.07 Å². The lowest BCUT2D eigenvalue weighted by Gasteiger charge is -2.33. The summed E-state index contributed by atoms with van der Waals surface area (Å²) in [5.74, 6) is -0.982. The van der Waals surface area contributed by atoms with E-state index >= 15 is 0 Å². The molecule has 0 bridgehead atoms. The third kappa shape index (κ3) is 4.97. The van der Waals surface area contributed by atoms with Crippen LogP contribution in [0.5, 0.6) is 0 Å². The van der Waals surface area contributed by atoms with E-state index in [-0.39, 0.29) is 23.8 Å². The first-order valence-electron chi connectivity index (χ1n) is 10.3. The molecule has 8 heteroatoms. The Kier molecular flexibility index (Phi) is 6.10. The summed E-state index contributed by atoms with van der Waals surface area (Å²) in [5.41, 5.74) is 1.86. The van der Waals surface area contributed by atoms with Gasteiger partial charge in [-0.25, -0.2) is 4.39 Å². The van der Waals surface area contributed by atoms with Crippen LogP contribution in [0.15, 0.2) is 36.4 Å². The smallest absolute Gasteiger partial charge is 0.253 e. The van der Waals surface area contributed by atoms with Gasteiger partial charge in [0, 0.05) is 30.7 Å². The Morgan fingerprint density at radius 2 is 1.84 bits per heavy atom. The lowest BCUT2D eigenvalue weighted by Crippen LogP contribution is -2.38. The number of rotatable bonds is 5. The van der Waals surface area contributed by atoms with Crippen molar-refractivity contribution in [2.24, 2.45) is 5.92 Å². The molecule has 1 saturated heterocycles. The van der Waals surface area contributed by atoms with Crippen LogP contribution in [0.2, 0.25) is 5.02 Å². The van der Waals surface area contributed by atoms with E-state index in [0.717, 1.165) is 12.8 Å². The number of nitrogens with zero attached hydrogens (tertiary/aromatic N) is 2. The maximum atomic E-state index is 13.4. The first-order chi connectivity index (χ1) is 14.9. The molecule has 1 saturated carbocycles. The number of carbonyl (C=O) groups excluding carboxylic acids is 2. The minimum absolute atomic E-state index is 0.116. The summed E-state index contributed by atoms with van der Waals surface area (Å²) in [6, 6.07) is 11.3. The van der Waals surface area contributed by atoms with Crippen LogP contribution in [0.3, 0.4) is 0 Å². The fourth-order valence-electron chi connectivity index (χ4n) is 3.77. The molecule has 1 aliphatic carbocycles. The Labute approximate surface area is 185 Å². The second kappa shape index (κ2) is 8.94. The number of anilines is 2. The number of nitriles is 1. The molecule has 4 rings (SSSR count). The zero-order valence-electron chi connectivity index (χ0n) is 16.8. The summed E-state index contributed by atoms with van der Waals surface area (Å²) >= 11 is 6.16. The molecule has 0 radical (unpaired) electrons. The van der Waals surface area contributed by atoms with E-state index < -0.39 is 5.82 Å². The lowest BCUT2D eigenvalue weighted by molar-refractivity contribution is -0.120. The molecular weight excluding hydrogens is 419 g/mol. The van der Waals surface area contributed by atoms with Crippen molar-refractivity contribution in [2.75, 3.05) is 23.3 Å². The standard InChI is InChI=1S/C23H22ClFN4O2/c24-20-5-4-18(12-19(20)23(31)27-17-2-3-17)28-22(30)14-7-9-29(10-8-14)21-6-1-16(25)11-15(21)13-26/h1,4-6,11-12,14,17H,2-3,7-10H2,(H,27,31)(H,28,30). The van der Waals surface area contributed by atoms with Crippen LogP contribution >= 0.6 is 11.6 Å². The van der Waals surface area contributed by atoms with E-state index in [1.807, 2.05) is 11.0 Å². The number of piperidine rings is 1. The topological polar surface area (TPSA) is 85.2 Å². The highest BCUT2D eigenvalue weighted by atomic mass is 35.5. The fourth-order valence-corrected chi connectivity index (χ4v) is 3.97. The van der Waals surface area contributed by atoms with Crippen molar-refractivity contribution in [1.82, 2.24) is 5.32 Å². The Morgan fingerprint density at radius 1 is 1.10 bits per heavy atom. The zero-order chi connectivity index (χ0) is 22.0. The minimum atomic E-state index is -0.442. The van der Waals surface area contributed by atoms with Crippen molar-refractivity contribution >= 4 is 34.8 Å². The van der Waals surface area contributed by atoms with Gasteiger partial charge in [-0.1, -0.05) is 11.6 Å². The second-order valence-electron chi connectivity index (χ2n) is 7.97. The van der Waals surface area contributed by atoms with Crippen molar-refractivity contribution < 1.29 is 14.0 Å². The summed E-state index contributed by atoms with van der Waals surface area (Å²) in [6.07, 6.45) is 3.17. The largest absolute Gasteiger partial charge is 0.370 e. The molecule has 31 heavy (non-hydrogen) atoms. The van der Waals surface area contributed by atoms with E-state index in [1.165, 1.54) is 12.1 Å². The fraction of sp³-hybridized carbons (Fsp3) is 0.348. The molecule has 2 amide bonds. The average molecular weight is 441 g/mol. The van der Waals surface area contributed by atoms with Gasteiger partial charge in [-0.2, -0.15) is 5.26 Å². The maximum Gasteiger partial charge on any atom is 0.253 e. The quantitative estimate of drug-likeness (QED) is 0.733. The van der Waals surface area contributed by atoms with Gasteiger partial charge >= 0.3 is 0 Å². The van der Waals surface area contributed by atoms with Gasteiger partial charge in [-0.05, 0) is 62.1 Å². The van der Waals surface area contributed by atoms with Gasteiger partial charge in [-0.15, -0.1) is 0 Å². The zero-order valence-corrected chi connectivity index (χ0v) is 17.6. The number of benzene rings is 2. The van der Waals surface area contributed by atoms with Crippen LogP contribution < -0.4 is 15.5 Å². The highest BCUT2D eigenvalue weighted by molar-refractivity contribution is 6.34. The minimum Gasteiger partial charge on any atom is -0.370 e. The first kappa shape index (κ1) is 21.1. The van der Waals surface area contributed by atoms with Crippen molar-refractivity contribution in [3.63, 3.8) is 0 Å². The molecule has 2 aromatic carbocycles. The Bertz CT molecular complexity index is 1060. The van der Waals surface area contributed by atoms with Crippen LogP contribution in [-0.2, 0) is 4.79 Å². The van der Waals surface area contributed by atoms with Gasteiger partial charge < -0.3 is 15.5 Å². The molecule has 2 fully saturated rings. The van der Waals surface area contributed by atoms with Crippen LogP contribution in [0, 0.1) is 23.1 Å². The van der Waals surface area contributed by atoms with Gasteiger partial charge in [-0.3, -0.25) is 9.59 Å². The van der Waals surface area contributed by atoms with Gasteiger partial charge in [0.1, 0.15) is 11.9 Å². The number of halogens is 2. The van der Waals surface area contributed by atoms with E-state index in [9.17, 15) is 19.2 Å². The predicted octanol–water partition coefficient (Wildman–Crippen LogP) is 4.10. The predicted molar refractivity (Wildman–Crippen MR) is 117 cm³/mol. The van der Waals surface area contributed by atoms with Crippen molar-refractivity contribution in [2.45, 2.75) is 31.7 Å². The highest BCUT2D eigenvalue weighted by Gasteiger charge is 2.27. The highest BCUT2D eigenvalue weighted by Crippen LogP contribution is 2.28. The first-order valence-corrected chi connectivity index (χ1v) is 10.7. The van der Waals surface area contributed by atoms with Crippen molar-refractivity contribution in [1.29, 1.82) is 5.26 Å². The van der Waals surface area contributed by atoms with E-state index in [2.05, 4.69) is 10.6 Å². The normalized spacial score (nSPS) is 16.5. The van der Waals surface area contributed by atoms with Gasteiger partial charge in [0.05, 0.1) is 21.8 Å². The average Bonchev–Trinajstić information content (AvgIpc) is 3.59. The van der Waals surface area contributed by atoms with Gasteiger partial charge in [0.25, 0.3) is 5.91 Å². The number of amides is 2. The molecule has 0 unspecified atom stereocenters. The van der Waals surface area contributed by atoms with Crippen LogP contribution in [0.1, 0.15) is 41.6 Å². The lowest BCUT2D eigenvalue weighted by atomic mass is 9.95. The summed E-state index contributed by atoms with van der Waals surface area (Å²) in [6.45, 7) is 1.18. The SMILES string of the molecule is N#Cc1cc(F)ccc1N1CCC(C(=O)Nc2ccc(Cl)c(C(=O)NC3CC3)c2)CC1. The number of carbonyl (C=O) groups is 2. The Balaban J connectivity index is 1.37. The van der Waals surface area contributed by atoms with Gasteiger partial charge in [0.2, 0.25) is 5.91 Å². The molecule has 2 aromatic rings. The molecule has 2 N–H and O–H groups in total. The second-order valence-corrected chi connectivity index (χ2v) is 8.37. The third-order valence-corrected chi connectivity index (χ3v) is 6.01.